The molecule has 2 amide bonds. The summed E-state index contributed by atoms with van der Waals surface area (Å²) in [5.41, 5.74) is 1.39. The second-order valence-corrected chi connectivity index (χ2v) is 5.36. The lowest BCUT2D eigenvalue weighted by molar-refractivity contribution is -0.119. The van der Waals surface area contributed by atoms with Gasteiger partial charge < -0.3 is 16.0 Å². The van der Waals surface area contributed by atoms with Crippen molar-refractivity contribution in [3.05, 3.63) is 24.3 Å². The lowest BCUT2D eigenvalue weighted by Crippen LogP contribution is -2.35. The second kappa shape index (κ2) is 6.52. The van der Waals surface area contributed by atoms with E-state index >= 15 is 0 Å². The van der Waals surface area contributed by atoms with E-state index in [-0.39, 0.29) is 23.8 Å². The van der Waals surface area contributed by atoms with Crippen molar-refractivity contribution < 1.29 is 9.59 Å². The molecule has 1 fully saturated rings. The maximum atomic E-state index is 12.0. The van der Waals surface area contributed by atoms with Gasteiger partial charge in [0.15, 0.2) is 0 Å². The summed E-state index contributed by atoms with van der Waals surface area (Å²) in [5.74, 6) is -0.128. The zero-order valence-electron chi connectivity index (χ0n) is 11.9. The largest absolute Gasteiger partial charge is 0.326 e. The van der Waals surface area contributed by atoms with E-state index in [0.29, 0.717) is 11.4 Å². The van der Waals surface area contributed by atoms with Crippen LogP contribution in [0.5, 0.6) is 0 Å². The van der Waals surface area contributed by atoms with Gasteiger partial charge in [-0.2, -0.15) is 0 Å². The van der Waals surface area contributed by atoms with Gasteiger partial charge in [0.1, 0.15) is 0 Å². The Balaban J connectivity index is 1.98. The minimum atomic E-state index is -0.107. The highest BCUT2D eigenvalue weighted by molar-refractivity contribution is 5.96. The van der Waals surface area contributed by atoms with Crippen LogP contribution in [0.15, 0.2) is 24.3 Å². The highest BCUT2D eigenvalue weighted by Crippen LogP contribution is 2.17. The zero-order valence-corrected chi connectivity index (χ0v) is 11.9. The summed E-state index contributed by atoms with van der Waals surface area (Å²) < 4.78 is 0. The molecule has 5 heteroatoms. The van der Waals surface area contributed by atoms with Crippen LogP contribution in [0.3, 0.4) is 0 Å². The van der Waals surface area contributed by atoms with Crippen molar-refractivity contribution in [1.29, 1.82) is 0 Å². The molecular formula is C15H21N3O2. The lowest BCUT2D eigenvalue weighted by atomic mass is 10.2. The van der Waals surface area contributed by atoms with Crippen molar-refractivity contribution in [3.63, 3.8) is 0 Å². The van der Waals surface area contributed by atoms with Gasteiger partial charge in [-0.25, -0.2) is 0 Å². The predicted octanol–water partition coefficient (Wildman–Crippen LogP) is 1.97. The van der Waals surface area contributed by atoms with E-state index in [1.54, 1.807) is 6.07 Å². The van der Waals surface area contributed by atoms with Gasteiger partial charge in [-0.15, -0.1) is 0 Å². The average Bonchev–Trinajstić information content (AvgIpc) is 2.92. The number of anilines is 2. The highest BCUT2D eigenvalue weighted by Gasteiger charge is 2.21. The van der Waals surface area contributed by atoms with E-state index in [4.69, 9.17) is 0 Å². The van der Waals surface area contributed by atoms with Crippen LogP contribution in [0.1, 0.15) is 26.7 Å². The molecule has 2 rings (SSSR count). The molecule has 1 aromatic carbocycles. The first-order valence-corrected chi connectivity index (χ1v) is 7.01. The number of carbonyl (C=O) groups is 2. The van der Waals surface area contributed by atoms with Gasteiger partial charge >= 0.3 is 0 Å². The minimum Gasteiger partial charge on any atom is -0.326 e. The van der Waals surface area contributed by atoms with Crippen LogP contribution in [0.2, 0.25) is 0 Å². The third-order valence-corrected chi connectivity index (χ3v) is 3.30. The van der Waals surface area contributed by atoms with Crippen LogP contribution in [0, 0.1) is 5.92 Å². The fraction of sp³-hybridized carbons (Fsp3) is 0.467. The SMILES string of the molecule is CC(C)C(=O)Nc1cccc(NC(=O)[C@@H]2CCCN2)c1. The summed E-state index contributed by atoms with van der Waals surface area (Å²) in [4.78, 5) is 23.6. The number of nitrogens with one attached hydrogen (secondary N) is 3. The molecule has 0 aromatic heterocycles. The fourth-order valence-corrected chi connectivity index (χ4v) is 2.10. The van der Waals surface area contributed by atoms with Gasteiger partial charge in [-0.1, -0.05) is 19.9 Å². The molecule has 0 aliphatic carbocycles. The molecule has 0 radical (unpaired) electrons. The molecule has 0 saturated carbocycles. The van der Waals surface area contributed by atoms with E-state index in [1.165, 1.54) is 0 Å². The van der Waals surface area contributed by atoms with E-state index < -0.39 is 0 Å². The molecule has 1 saturated heterocycles. The number of hydrogen-bond donors (Lipinski definition) is 3. The Bertz CT molecular complexity index is 494. The number of carbonyl (C=O) groups excluding carboxylic acids is 2. The van der Waals surface area contributed by atoms with Crippen molar-refractivity contribution in [2.24, 2.45) is 5.92 Å². The van der Waals surface area contributed by atoms with E-state index in [1.807, 2.05) is 32.0 Å². The molecule has 0 spiro atoms. The Morgan fingerprint density at radius 1 is 1.25 bits per heavy atom. The molecule has 0 unspecified atom stereocenters. The molecule has 1 aromatic rings. The number of hydrogen-bond acceptors (Lipinski definition) is 3. The monoisotopic (exact) mass is 275 g/mol. The van der Waals surface area contributed by atoms with Crippen molar-refractivity contribution in [2.75, 3.05) is 17.2 Å². The Kier molecular flexibility index (Phi) is 4.74. The molecule has 20 heavy (non-hydrogen) atoms. The molecule has 0 bridgehead atoms. The van der Waals surface area contributed by atoms with Crippen LogP contribution >= 0.6 is 0 Å². The van der Waals surface area contributed by atoms with Gasteiger partial charge in [-0.05, 0) is 37.6 Å². The smallest absolute Gasteiger partial charge is 0.241 e. The molecular weight excluding hydrogens is 254 g/mol. The quantitative estimate of drug-likeness (QED) is 0.787. The number of amides is 2. The summed E-state index contributed by atoms with van der Waals surface area (Å²) >= 11 is 0. The van der Waals surface area contributed by atoms with Gasteiger partial charge in [-0.3, -0.25) is 9.59 Å². The van der Waals surface area contributed by atoms with Gasteiger partial charge in [0.05, 0.1) is 6.04 Å². The first-order chi connectivity index (χ1) is 9.56. The molecule has 108 valence electrons. The van der Waals surface area contributed by atoms with Gasteiger partial charge in [0.2, 0.25) is 11.8 Å². The van der Waals surface area contributed by atoms with Crippen molar-refractivity contribution in [2.45, 2.75) is 32.7 Å². The average molecular weight is 275 g/mol. The van der Waals surface area contributed by atoms with Crippen LogP contribution < -0.4 is 16.0 Å². The molecule has 5 nitrogen and oxygen atoms in total. The Labute approximate surface area is 119 Å². The molecule has 1 atom stereocenters. The molecule has 1 heterocycles. The summed E-state index contributed by atoms with van der Waals surface area (Å²) in [5, 5.41) is 8.85. The summed E-state index contributed by atoms with van der Waals surface area (Å²) in [6, 6.07) is 7.10. The first-order valence-electron chi connectivity index (χ1n) is 7.01. The zero-order chi connectivity index (χ0) is 14.5. The third-order valence-electron chi connectivity index (χ3n) is 3.30. The van der Waals surface area contributed by atoms with E-state index in [0.717, 1.165) is 19.4 Å². The van der Waals surface area contributed by atoms with Crippen LogP contribution in [-0.2, 0) is 9.59 Å². The van der Waals surface area contributed by atoms with Crippen LogP contribution in [-0.4, -0.2) is 24.4 Å². The summed E-state index contributed by atoms with van der Waals surface area (Å²) in [6.45, 7) is 4.57. The second-order valence-electron chi connectivity index (χ2n) is 5.36. The summed E-state index contributed by atoms with van der Waals surface area (Å²) in [6.07, 6.45) is 1.90. The maximum Gasteiger partial charge on any atom is 0.241 e. The minimum absolute atomic E-state index is 0.0187. The molecule has 1 aliphatic heterocycles. The standard InChI is InChI=1S/C15H21N3O2/c1-10(2)14(19)17-11-5-3-6-12(9-11)18-15(20)13-7-4-8-16-13/h3,5-6,9-10,13,16H,4,7-8H2,1-2H3,(H,17,19)(H,18,20)/t13-/m0/s1. The molecule has 1 aliphatic rings. The number of rotatable bonds is 4. The highest BCUT2D eigenvalue weighted by atomic mass is 16.2. The Hall–Kier alpha value is -1.88. The normalized spacial score (nSPS) is 18.1. The van der Waals surface area contributed by atoms with Gasteiger partial charge in [0, 0.05) is 17.3 Å². The molecule has 3 N–H and O–H groups in total. The predicted molar refractivity (Wildman–Crippen MR) is 79.6 cm³/mol. The first kappa shape index (κ1) is 14.5. The number of benzene rings is 1. The van der Waals surface area contributed by atoms with Crippen LogP contribution in [0.4, 0.5) is 11.4 Å². The topological polar surface area (TPSA) is 70.2 Å². The van der Waals surface area contributed by atoms with E-state index in [9.17, 15) is 9.59 Å². The van der Waals surface area contributed by atoms with Crippen molar-refractivity contribution in [1.82, 2.24) is 5.32 Å². The van der Waals surface area contributed by atoms with Crippen molar-refractivity contribution >= 4 is 23.2 Å². The van der Waals surface area contributed by atoms with E-state index in [2.05, 4.69) is 16.0 Å². The maximum absolute atomic E-state index is 12.0. The third kappa shape index (κ3) is 3.81. The lowest BCUT2D eigenvalue weighted by Gasteiger charge is -2.13. The Morgan fingerprint density at radius 3 is 2.55 bits per heavy atom. The van der Waals surface area contributed by atoms with Gasteiger partial charge in [0.25, 0.3) is 0 Å². The van der Waals surface area contributed by atoms with Crippen molar-refractivity contribution in [3.8, 4) is 0 Å². The fourth-order valence-electron chi connectivity index (χ4n) is 2.10. The summed E-state index contributed by atoms with van der Waals surface area (Å²) in [7, 11) is 0. The van der Waals surface area contributed by atoms with Crippen LogP contribution in [0.25, 0.3) is 0 Å². The Morgan fingerprint density at radius 2 is 1.95 bits per heavy atom.